The maximum absolute atomic E-state index is 3.68. The minimum atomic E-state index is 0.585. The van der Waals surface area contributed by atoms with E-state index >= 15 is 0 Å². The molecular weight excluding hydrogens is 404 g/mol. The third kappa shape index (κ3) is 5.75. The molecule has 2 heterocycles. The minimum Gasteiger partial charge on any atom is -0.361 e. The summed E-state index contributed by atoms with van der Waals surface area (Å²) in [6.07, 6.45) is 9.45. The maximum Gasteiger partial charge on any atom is 0.0457 e. The second kappa shape index (κ2) is 11.1. The monoisotopic (exact) mass is 436 g/mol. The van der Waals surface area contributed by atoms with E-state index in [0.29, 0.717) is 6.04 Å². The lowest BCUT2D eigenvalue weighted by Gasteiger charge is -2.24. The first kappa shape index (κ1) is 21.6. The van der Waals surface area contributed by atoms with Crippen LogP contribution in [0, 0.1) is 0 Å². The van der Waals surface area contributed by atoms with Gasteiger partial charge in [-0.15, -0.1) is 11.8 Å². The number of unbranched alkanes of at least 4 members (excludes halogenated alkanes) is 1. The molecule has 0 fully saturated rings. The summed E-state index contributed by atoms with van der Waals surface area (Å²) < 4.78 is 0. The SMILES string of the molecule is CCCCSc1ccc2[nH]cc(CSCCC3CC(c4ccccc4)=CCN3)c2c1. The van der Waals surface area contributed by atoms with Crippen LogP contribution in [-0.4, -0.2) is 29.1 Å². The Bertz CT molecular complexity index is 962. The topological polar surface area (TPSA) is 27.8 Å². The number of fused-ring (bicyclic) bond motifs is 1. The van der Waals surface area contributed by atoms with Gasteiger partial charge in [0.25, 0.3) is 0 Å². The molecule has 4 rings (SSSR count). The number of thioether (sulfide) groups is 2. The quantitative estimate of drug-likeness (QED) is 0.261. The number of aromatic nitrogens is 1. The predicted molar refractivity (Wildman–Crippen MR) is 136 cm³/mol. The van der Waals surface area contributed by atoms with Gasteiger partial charge >= 0.3 is 0 Å². The standard InChI is InChI=1S/C26H32N2S2/c1-2-3-14-30-24-9-10-26-25(17-24)22(18-28-26)19-29-15-12-23-16-21(11-13-27-23)20-7-5-4-6-8-20/h4-11,17-18,23,27-28H,2-3,12-16,19H2,1H3. The van der Waals surface area contributed by atoms with E-state index in [4.69, 9.17) is 0 Å². The zero-order valence-electron chi connectivity index (χ0n) is 17.8. The first-order chi connectivity index (χ1) is 14.8. The summed E-state index contributed by atoms with van der Waals surface area (Å²) in [7, 11) is 0. The Morgan fingerprint density at radius 1 is 1.07 bits per heavy atom. The Kier molecular flexibility index (Phi) is 8.01. The van der Waals surface area contributed by atoms with Crippen molar-refractivity contribution < 1.29 is 0 Å². The molecule has 1 unspecified atom stereocenters. The van der Waals surface area contributed by atoms with Gasteiger partial charge in [-0.2, -0.15) is 11.8 Å². The molecule has 0 saturated carbocycles. The molecule has 1 aliphatic rings. The van der Waals surface area contributed by atoms with Crippen LogP contribution >= 0.6 is 23.5 Å². The highest BCUT2D eigenvalue weighted by Gasteiger charge is 2.16. The molecule has 0 saturated heterocycles. The third-order valence-electron chi connectivity index (χ3n) is 5.74. The number of benzene rings is 2. The zero-order chi connectivity index (χ0) is 20.6. The summed E-state index contributed by atoms with van der Waals surface area (Å²) in [4.78, 5) is 4.85. The minimum absolute atomic E-state index is 0.585. The van der Waals surface area contributed by atoms with Crippen LogP contribution in [0.2, 0.25) is 0 Å². The summed E-state index contributed by atoms with van der Waals surface area (Å²) in [5.41, 5.74) is 5.57. The summed E-state index contributed by atoms with van der Waals surface area (Å²) in [5.74, 6) is 3.48. The summed E-state index contributed by atoms with van der Waals surface area (Å²) in [5, 5.41) is 5.07. The van der Waals surface area contributed by atoms with E-state index in [1.165, 1.54) is 63.3 Å². The van der Waals surface area contributed by atoms with Gasteiger partial charge in [0.15, 0.2) is 0 Å². The molecule has 0 amide bonds. The number of hydrogen-bond donors (Lipinski definition) is 2. The van der Waals surface area contributed by atoms with Gasteiger partial charge < -0.3 is 10.3 Å². The van der Waals surface area contributed by atoms with Crippen molar-refractivity contribution >= 4 is 40.0 Å². The van der Waals surface area contributed by atoms with Crippen LogP contribution in [0.25, 0.3) is 16.5 Å². The van der Waals surface area contributed by atoms with Crippen molar-refractivity contribution in [2.24, 2.45) is 0 Å². The van der Waals surface area contributed by atoms with Crippen molar-refractivity contribution in [1.82, 2.24) is 10.3 Å². The summed E-state index contributed by atoms with van der Waals surface area (Å²) >= 11 is 4.04. The average molecular weight is 437 g/mol. The van der Waals surface area contributed by atoms with Crippen LogP contribution in [0.5, 0.6) is 0 Å². The van der Waals surface area contributed by atoms with Crippen LogP contribution in [0.3, 0.4) is 0 Å². The van der Waals surface area contributed by atoms with E-state index in [0.717, 1.165) is 18.7 Å². The van der Waals surface area contributed by atoms with Gasteiger partial charge in [0, 0.05) is 40.3 Å². The van der Waals surface area contributed by atoms with Gasteiger partial charge in [0.1, 0.15) is 0 Å². The van der Waals surface area contributed by atoms with E-state index in [9.17, 15) is 0 Å². The Morgan fingerprint density at radius 3 is 2.83 bits per heavy atom. The number of hydrogen-bond acceptors (Lipinski definition) is 3. The fourth-order valence-corrected chi connectivity index (χ4v) is 6.06. The lowest BCUT2D eigenvalue weighted by Crippen LogP contribution is -2.33. The van der Waals surface area contributed by atoms with Crippen molar-refractivity contribution in [2.75, 3.05) is 18.1 Å². The van der Waals surface area contributed by atoms with E-state index in [1.807, 2.05) is 11.8 Å². The molecule has 0 radical (unpaired) electrons. The molecule has 2 N–H and O–H groups in total. The van der Waals surface area contributed by atoms with Gasteiger partial charge in [-0.1, -0.05) is 49.8 Å². The highest BCUT2D eigenvalue weighted by atomic mass is 32.2. The molecule has 30 heavy (non-hydrogen) atoms. The third-order valence-corrected chi connectivity index (χ3v) is 7.86. The van der Waals surface area contributed by atoms with Crippen molar-refractivity contribution in [3.8, 4) is 0 Å². The molecule has 3 aromatic rings. The average Bonchev–Trinajstić information content (AvgIpc) is 3.20. The van der Waals surface area contributed by atoms with Crippen molar-refractivity contribution in [3.05, 3.63) is 71.9 Å². The Labute approximate surface area is 189 Å². The lowest BCUT2D eigenvalue weighted by atomic mass is 9.94. The number of aromatic amines is 1. The molecule has 158 valence electrons. The predicted octanol–water partition coefficient (Wildman–Crippen LogP) is 7.13. The summed E-state index contributed by atoms with van der Waals surface area (Å²) in [6, 6.07) is 18.3. The molecule has 2 nitrogen and oxygen atoms in total. The number of nitrogens with one attached hydrogen (secondary N) is 2. The molecule has 0 aliphatic carbocycles. The highest BCUT2D eigenvalue weighted by Crippen LogP contribution is 2.29. The Hall–Kier alpha value is -1.62. The van der Waals surface area contributed by atoms with Gasteiger partial charge in [-0.3, -0.25) is 0 Å². The van der Waals surface area contributed by atoms with Crippen molar-refractivity contribution in [1.29, 1.82) is 0 Å². The number of rotatable bonds is 10. The smallest absolute Gasteiger partial charge is 0.0457 e. The lowest BCUT2D eigenvalue weighted by molar-refractivity contribution is 0.525. The summed E-state index contributed by atoms with van der Waals surface area (Å²) in [6.45, 7) is 3.24. The molecule has 2 aromatic carbocycles. The van der Waals surface area contributed by atoms with Crippen LogP contribution < -0.4 is 5.32 Å². The maximum atomic E-state index is 3.68. The Balaban J connectivity index is 1.27. The second-order valence-electron chi connectivity index (χ2n) is 7.97. The fraction of sp³-hybridized carbons (Fsp3) is 0.385. The normalized spacial score (nSPS) is 16.7. The molecule has 1 aliphatic heterocycles. The van der Waals surface area contributed by atoms with Gasteiger partial charge in [0.05, 0.1) is 0 Å². The Morgan fingerprint density at radius 2 is 1.97 bits per heavy atom. The molecule has 4 heteroatoms. The van der Waals surface area contributed by atoms with Crippen molar-refractivity contribution in [2.45, 2.75) is 49.3 Å². The molecular formula is C26H32N2S2. The molecule has 1 aromatic heterocycles. The molecule has 1 atom stereocenters. The van der Waals surface area contributed by atoms with Gasteiger partial charge in [-0.25, -0.2) is 0 Å². The van der Waals surface area contributed by atoms with Crippen LogP contribution in [-0.2, 0) is 5.75 Å². The highest BCUT2D eigenvalue weighted by molar-refractivity contribution is 7.99. The first-order valence-corrected chi connectivity index (χ1v) is 13.3. The van der Waals surface area contributed by atoms with E-state index in [-0.39, 0.29) is 0 Å². The van der Waals surface area contributed by atoms with Crippen molar-refractivity contribution in [3.63, 3.8) is 0 Å². The molecule has 0 bridgehead atoms. The molecule has 0 spiro atoms. The van der Waals surface area contributed by atoms with Gasteiger partial charge in [-0.05, 0) is 65.7 Å². The first-order valence-electron chi connectivity index (χ1n) is 11.1. The van der Waals surface area contributed by atoms with E-state index < -0.39 is 0 Å². The second-order valence-corrected chi connectivity index (χ2v) is 10.2. The fourth-order valence-electron chi connectivity index (χ4n) is 3.97. The van der Waals surface area contributed by atoms with E-state index in [2.05, 4.69) is 89.8 Å². The zero-order valence-corrected chi connectivity index (χ0v) is 19.5. The van der Waals surface area contributed by atoms with Crippen LogP contribution in [0.15, 0.2) is 65.7 Å². The van der Waals surface area contributed by atoms with Crippen LogP contribution in [0.4, 0.5) is 0 Å². The van der Waals surface area contributed by atoms with Crippen LogP contribution in [0.1, 0.15) is 43.7 Å². The van der Waals surface area contributed by atoms with Gasteiger partial charge in [0.2, 0.25) is 0 Å². The largest absolute Gasteiger partial charge is 0.361 e. The van der Waals surface area contributed by atoms with E-state index in [1.54, 1.807) is 0 Å². The number of H-pyrrole nitrogens is 1.